The topological polar surface area (TPSA) is 178 Å². The van der Waals surface area contributed by atoms with Crippen molar-refractivity contribution in [2.45, 2.75) is 178 Å². The molecule has 18 unspecified atom stereocenters. The largest absolute Gasteiger partial charge is 0.396 e. The Morgan fingerprint density at radius 3 is 2.54 bits per heavy atom. The number of dihydropyridines is 1. The number of hydrogen-bond acceptors (Lipinski definition) is 10. The Bertz CT molecular complexity index is 2720. The summed E-state index contributed by atoms with van der Waals surface area (Å²) in [5.74, 6) is 7.81. The summed E-state index contributed by atoms with van der Waals surface area (Å²) in [5.41, 5.74) is 4.88. The third-order valence-corrected chi connectivity index (χ3v) is 24.3. The van der Waals surface area contributed by atoms with Gasteiger partial charge in [0, 0.05) is 65.6 Å². The quantitative estimate of drug-likeness (QED) is 0.0689. The summed E-state index contributed by atoms with van der Waals surface area (Å²) in [6.07, 6.45) is 25.7. The molecule has 74 heavy (non-hydrogen) atoms. The molecule has 3 spiro atoms. The van der Waals surface area contributed by atoms with E-state index in [4.69, 9.17) is 15.2 Å². The second kappa shape index (κ2) is 17.0. The molecule has 13 aliphatic rings. The number of carbonyl (C=O) groups is 1. The van der Waals surface area contributed by atoms with E-state index in [0.717, 1.165) is 75.4 Å². The van der Waals surface area contributed by atoms with Crippen LogP contribution in [0.25, 0.3) is 0 Å². The molecule has 14 rings (SSSR count). The number of aliphatic hydroxyl groups is 5. The summed E-state index contributed by atoms with van der Waals surface area (Å²) in [7, 11) is 0. The molecule has 398 valence electrons. The molecular weight excluding hydrogens is 925 g/mol. The van der Waals surface area contributed by atoms with Gasteiger partial charge in [-0.05, 0) is 172 Å². The molecule has 4 bridgehead atoms. The zero-order valence-electron chi connectivity index (χ0n) is 44.6. The number of ether oxygens (including phenoxy) is 2. The molecule has 1 aromatic carbocycles. The predicted octanol–water partition coefficient (Wildman–Crippen LogP) is 8.10. The number of allylic oxidation sites excluding steroid dienone is 5. The van der Waals surface area contributed by atoms with Crippen LogP contribution in [0.5, 0.6) is 0 Å². The van der Waals surface area contributed by atoms with E-state index in [1.165, 1.54) is 16.7 Å². The fourth-order valence-electron chi connectivity index (χ4n) is 21.0. The van der Waals surface area contributed by atoms with Gasteiger partial charge in [0.15, 0.2) is 5.78 Å². The van der Waals surface area contributed by atoms with Crippen molar-refractivity contribution in [3.63, 3.8) is 0 Å². The minimum Gasteiger partial charge on any atom is -0.396 e. The average molecular weight is 1010 g/mol. The molecule has 0 aromatic heterocycles. The number of carbonyl (C=O) groups excluding carboxylic acids is 1. The standard InChI is InChI=1S/C64H84N2O8/c1-39-21-29-73-62(32-39,55-54(74-55)58(4,71)56(2,38-68)24-16-40-19-27-66-51(65)30-40)49-18-26-64(72)46-31-47(69)53-45-17-25-60-33-41(20-28-67)34-61(53)52(46)44(35-57(49,64)3)15-14-43-11-6-5-10-42(43)12-9-13-50(63(60,61)36-48(45)70)59(37-60)22-7-8-23-59/h5-6,10-11,17,19,25,30-31,33,39,44-45,48-50,52-55,66-68,70-72H,7-8,12,14-16,18,20-24,26-29,32,34-38,65H2,1-4H3. The second-order valence-electron chi connectivity index (χ2n) is 27.5. The first-order chi connectivity index (χ1) is 35.4. The second-order valence-corrected chi connectivity index (χ2v) is 27.5. The minimum atomic E-state index is -1.42. The Hall–Kier alpha value is -3.53. The number of rotatable bonds is 10. The van der Waals surface area contributed by atoms with Crippen LogP contribution in [0.2, 0.25) is 0 Å². The summed E-state index contributed by atoms with van der Waals surface area (Å²) >= 11 is 0. The number of fused-ring (bicyclic) bond motifs is 5. The number of aliphatic hydroxyl groups excluding tert-OH is 3. The number of hydrogen-bond donors (Lipinski definition) is 7. The lowest BCUT2D eigenvalue weighted by molar-refractivity contribution is -0.237. The third kappa shape index (κ3) is 6.47. The highest BCUT2D eigenvalue weighted by atomic mass is 16.6. The highest BCUT2D eigenvalue weighted by molar-refractivity contribution is 5.96. The van der Waals surface area contributed by atoms with Gasteiger partial charge in [-0.1, -0.05) is 99.6 Å². The average Bonchev–Trinajstić information content (AvgIpc) is 4.02. The molecule has 0 radical (unpaired) electrons. The Kier molecular flexibility index (Phi) is 11.5. The molecule has 5 saturated carbocycles. The molecule has 8 N–H and O–H groups in total. The van der Waals surface area contributed by atoms with Crippen molar-refractivity contribution in [1.29, 1.82) is 0 Å². The van der Waals surface area contributed by atoms with Crippen molar-refractivity contribution < 1.29 is 39.8 Å². The molecule has 10 nitrogen and oxygen atoms in total. The van der Waals surface area contributed by atoms with Crippen LogP contribution in [0.15, 0.2) is 83.3 Å². The van der Waals surface area contributed by atoms with Crippen LogP contribution in [0.4, 0.5) is 0 Å². The van der Waals surface area contributed by atoms with Crippen molar-refractivity contribution in [2.24, 2.45) is 79.6 Å². The summed E-state index contributed by atoms with van der Waals surface area (Å²) in [6.45, 7) is 9.44. The molecule has 3 aliphatic heterocycles. The molecule has 0 amide bonds. The maximum Gasteiger partial charge on any atom is 0.160 e. The van der Waals surface area contributed by atoms with E-state index in [9.17, 15) is 25.5 Å². The lowest BCUT2D eigenvalue weighted by atomic mass is 9.30. The molecule has 3 heterocycles. The zero-order chi connectivity index (χ0) is 51.5. The van der Waals surface area contributed by atoms with Crippen LogP contribution in [0.3, 0.4) is 0 Å². The lowest BCUT2D eigenvalue weighted by Crippen LogP contribution is -2.73. The van der Waals surface area contributed by atoms with Gasteiger partial charge >= 0.3 is 0 Å². The summed E-state index contributed by atoms with van der Waals surface area (Å²) < 4.78 is 14.3. The SMILES string of the molecule is CC1CCOC(C2OC2C(C)(O)C(C)(CO)CCC2=CCNC(N)=C2)(C2CCC3(O)C4=CC(=O)C5C6C=CC78C=C(CCO)CC59C4C(CCc4ccccc4CC#CC(C4(CCCC4)C7)C89CC6O)CC23C)C1. The summed E-state index contributed by atoms with van der Waals surface area (Å²) in [4.78, 5) is 16.1. The maximum absolute atomic E-state index is 16.1. The van der Waals surface area contributed by atoms with Gasteiger partial charge in [-0.2, -0.15) is 0 Å². The first kappa shape index (κ1) is 50.0. The molecule has 10 heteroatoms. The van der Waals surface area contributed by atoms with E-state index >= 15 is 4.79 Å². The molecule has 2 saturated heterocycles. The van der Waals surface area contributed by atoms with Crippen LogP contribution >= 0.6 is 0 Å². The van der Waals surface area contributed by atoms with Gasteiger partial charge in [-0.25, -0.2) is 0 Å². The highest BCUT2D eigenvalue weighted by Crippen LogP contribution is 2.87. The number of epoxide rings is 1. The lowest BCUT2D eigenvalue weighted by Gasteiger charge is -2.73. The fourth-order valence-corrected chi connectivity index (χ4v) is 21.0. The van der Waals surface area contributed by atoms with Gasteiger partial charge in [-0.3, -0.25) is 4.79 Å². The molecule has 10 aliphatic carbocycles. The molecule has 1 aromatic rings. The van der Waals surface area contributed by atoms with Gasteiger partial charge in [0.1, 0.15) is 17.8 Å². The predicted molar refractivity (Wildman–Crippen MR) is 283 cm³/mol. The van der Waals surface area contributed by atoms with Crippen molar-refractivity contribution in [1.82, 2.24) is 5.32 Å². The van der Waals surface area contributed by atoms with Crippen molar-refractivity contribution in [3.05, 3.63) is 94.4 Å². The van der Waals surface area contributed by atoms with Crippen molar-refractivity contribution in [3.8, 4) is 11.8 Å². The van der Waals surface area contributed by atoms with Crippen LogP contribution in [-0.4, -0.2) is 92.8 Å². The number of benzene rings is 1. The summed E-state index contributed by atoms with van der Waals surface area (Å²) in [5, 5.41) is 65.6. The van der Waals surface area contributed by atoms with Gasteiger partial charge in [0.25, 0.3) is 0 Å². The van der Waals surface area contributed by atoms with E-state index in [1.807, 2.05) is 26.0 Å². The number of aryl methyl sites for hydroxylation is 1. The van der Waals surface area contributed by atoms with Crippen LogP contribution in [-0.2, 0) is 27.1 Å². The van der Waals surface area contributed by atoms with Gasteiger partial charge in [-0.15, -0.1) is 0 Å². The van der Waals surface area contributed by atoms with Crippen molar-refractivity contribution >= 4 is 5.78 Å². The van der Waals surface area contributed by atoms with Crippen molar-refractivity contribution in [2.75, 3.05) is 26.4 Å². The number of nitrogens with two attached hydrogens (primary N) is 1. The molecule has 7 fully saturated rings. The zero-order valence-corrected chi connectivity index (χ0v) is 44.6. The smallest absolute Gasteiger partial charge is 0.160 e. The van der Waals surface area contributed by atoms with Crippen LogP contribution < -0.4 is 11.1 Å². The van der Waals surface area contributed by atoms with E-state index in [2.05, 4.69) is 79.6 Å². The van der Waals surface area contributed by atoms with Crippen LogP contribution in [0.1, 0.15) is 142 Å². The van der Waals surface area contributed by atoms with Gasteiger partial charge in [0.2, 0.25) is 0 Å². The van der Waals surface area contributed by atoms with E-state index < -0.39 is 68.1 Å². The monoisotopic (exact) mass is 1010 g/mol. The Morgan fingerprint density at radius 1 is 0.986 bits per heavy atom. The Balaban J connectivity index is 0.968. The molecule has 18 atom stereocenters. The van der Waals surface area contributed by atoms with E-state index in [-0.39, 0.29) is 54.0 Å². The maximum atomic E-state index is 16.1. The number of ketones is 1. The third-order valence-electron chi connectivity index (χ3n) is 24.3. The first-order valence-electron chi connectivity index (χ1n) is 29.2. The highest BCUT2D eigenvalue weighted by Gasteiger charge is 2.85. The summed E-state index contributed by atoms with van der Waals surface area (Å²) in [6, 6.07) is 8.87. The van der Waals surface area contributed by atoms with E-state index in [1.54, 1.807) is 0 Å². The Morgan fingerprint density at radius 2 is 1.78 bits per heavy atom. The van der Waals surface area contributed by atoms with E-state index in [0.29, 0.717) is 76.3 Å². The van der Waals surface area contributed by atoms with Crippen LogP contribution in [0, 0.1) is 85.8 Å². The van der Waals surface area contributed by atoms with Gasteiger partial charge < -0.3 is 46.1 Å². The Labute approximate surface area is 439 Å². The van der Waals surface area contributed by atoms with Gasteiger partial charge in [0.05, 0.1) is 29.7 Å². The fraction of sp³-hybridized carbons (Fsp3) is 0.703. The first-order valence-corrected chi connectivity index (χ1v) is 29.2. The normalized spacial score (nSPS) is 46.5. The minimum absolute atomic E-state index is 0.0301. The molecular formula is C64H84N2O8. The number of nitrogens with one attached hydrogen (secondary N) is 1.